The molecule has 156 valence electrons. The molecular formula is C23H23FN2O4. The number of benzene rings is 2. The van der Waals surface area contributed by atoms with Crippen molar-refractivity contribution in [1.82, 2.24) is 4.90 Å². The molecule has 1 N–H and O–H groups in total. The zero-order valence-electron chi connectivity index (χ0n) is 16.7. The van der Waals surface area contributed by atoms with Gasteiger partial charge < -0.3 is 14.7 Å². The minimum absolute atomic E-state index is 0.0174. The Labute approximate surface area is 174 Å². The Kier molecular flexibility index (Phi) is 5.55. The highest BCUT2D eigenvalue weighted by Gasteiger charge is 2.44. The summed E-state index contributed by atoms with van der Waals surface area (Å²) in [6, 6.07) is 12.5. The fraction of sp³-hybridized carbons (Fsp3) is 0.304. The number of anilines is 1. The lowest BCUT2D eigenvalue weighted by Gasteiger charge is -2.34. The summed E-state index contributed by atoms with van der Waals surface area (Å²) in [6.07, 6.45) is 1.66. The molecule has 6 nitrogen and oxygen atoms in total. The summed E-state index contributed by atoms with van der Waals surface area (Å²) in [5, 5.41) is 9.63. The first kappa shape index (κ1) is 20.1. The maximum Gasteiger partial charge on any atom is 0.282 e. The smallest absolute Gasteiger partial charge is 0.282 e. The number of para-hydroxylation sites is 1. The van der Waals surface area contributed by atoms with E-state index in [0.29, 0.717) is 24.4 Å². The van der Waals surface area contributed by atoms with Gasteiger partial charge >= 0.3 is 0 Å². The lowest BCUT2D eigenvalue weighted by Crippen LogP contribution is -2.40. The maximum atomic E-state index is 13.8. The van der Waals surface area contributed by atoms with E-state index in [1.807, 2.05) is 4.90 Å². The third-order valence-corrected chi connectivity index (χ3v) is 5.60. The summed E-state index contributed by atoms with van der Waals surface area (Å²) in [5.74, 6) is -1.04. The number of likely N-dealkylation sites (tertiary alicyclic amines) is 1. The molecule has 0 saturated carbocycles. The molecule has 2 aromatic rings. The van der Waals surface area contributed by atoms with Crippen molar-refractivity contribution in [2.75, 3.05) is 31.7 Å². The van der Waals surface area contributed by atoms with Gasteiger partial charge in [0.25, 0.3) is 11.8 Å². The van der Waals surface area contributed by atoms with Gasteiger partial charge in [-0.05, 0) is 43.0 Å². The fourth-order valence-corrected chi connectivity index (χ4v) is 4.17. The average molecular weight is 410 g/mol. The topological polar surface area (TPSA) is 70.1 Å². The molecule has 2 heterocycles. The maximum absolute atomic E-state index is 13.8. The Morgan fingerprint density at radius 1 is 1.13 bits per heavy atom. The molecule has 2 aromatic carbocycles. The van der Waals surface area contributed by atoms with Crippen molar-refractivity contribution in [3.05, 3.63) is 65.6 Å². The number of carbonyl (C=O) groups is 2. The number of hydrogen-bond acceptors (Lipinski definition) is 5. The second kappa shape index (κ2) is 8.28. The molecular weight excluding hydrogens is 387 g/mol. The number of carbonyl (C=O) groups excluding carboxylic acids is 2. The first-order chi connectivity index (χ1) is 14.5. The van der Waals surface area contributed by atoms with Crippen LogP contribution in [0, 0.1) is 11.7 Å². The largest absolute Gasteiger partial charge is 0.496 e. The molecule has 0 aromatic heterocycles. The summed E-state index contributed by atoms with van der Waals surface area (Å²) in [5.41, 5.74) is 1.20. The number of hydrogen-bond donors (Lipinski definition) is 1. The van der Waals surface area contributed by atoms with E-state index < -0.39 is 17.6 Å². The van der Waals surface area contributed by atoms with E-state index in [1.54, 1.807) is 24.3 Å². The van der Waals surface area contributed by atoms with Gasteiger partial charge in [-0.2, -0.15) is 0 Å². The molecule has 4 rings (SSSR count). The lowest BCUT2D eigenvalue weighted by molar-refractivity contribution is -0.120. The quantitative estimate of drug-likeness (QED) is 0.768. The molecule has 7 heteroatoms. The third-order valence-electron chi connectivity index (χ3n) is 5.60. The molecule has 1 unspecified atom stereocenters. The van der Waals surface area contributed by atoms with Crippen molar-refractivity contribution >= 4 is 23.1 Å². The Bertz CT molecular complexity index is 1020. The highest BCUT2D eigenvalue weighted by Crippen LogP contribution is 2.39. The van der Waals surface area contributed by atoms with Crippen LogP contribution in [0.3, 0.4) is 0 Å². The second-order valence-electron chi connectivity index (χ2n) is 7.49. The van der Waals surface area contributed by atoms with E-state index in [9.17, 15) is 19.1 Å². The first-order valence-electron chi connectivity index (χ1n) is 9.93. The number of aliphatic hydroxyl groups is 1. The molecule has 2 aliphatic heterocycles. The van der Waals surface area contributed by atoms with Gasteiger partial charge in [0.1, 0.15) is 17.3 Å². The second-order valence-corrected chi connectivity index (χ2v) is 7.49. The summed E-state index contributed by atoms with van der Waals surface area (Å²) in [6.45, 7) is 1.09. The fourth-order valence-electron chi connectivity index (χ4n) is 4.17. The van der Waals surface area contributed by atoms with Crippen LogP contribution in [0.15, 0.2) is 54.2 Å². The first-order valence-corrected chi connectivity index (χ1v) is 9.93. The SMILES string of the molecule is COc1ccccc1C1=C(N2CCCC(CO)C2)C(=O)N(c2cccc(F)c2)C1=O. The molecule has 0 spiro atoms. The zero-order chi connectivity index (χ0) is 21.3. The minimum atomic E-state index is -0.529. The molecule has 1 saturated heterocycles. The van der Waals surface area contributed by atoms with Crippen molar-refractivity contribution in [3.8, 4) is 5.75 Å². The van der Waals surface area contributed by atoms with Crippen molar-refractivity contribution in [2.45, 2.75) is 12.8 Å². The number of ether oxygens (including phenoxy) is 1. The number of aliphatic hydroxyl groups excluding tert-OH is 1. The normalized spacial score (nSPS) is 19.6. The van der Waals surface area contributed by atoms with Gasteiger partial charge in [-0.1, -0.05) is 24.3 Å². The molecule has 2 amide bonds. The van der Waals surface area contributed by atoms with E-state index in [-0.39, 0.29) is 29.5 Å². The minimum Gasteiger partial charge on any atom is -0.496 e. The van der Waals surface area contributed by atoms with Crippen LogP contribution in [0.2, 0.25) is 0 Å². The van der Waals surface area contributed by atoms with Crippen LogP contribution in [-0.4, -0.2) is 48.6 Å². The van der Waals surface area contributed by atoms with Gasteiger partial charge in [-0.3, -0.25) is 9.59 Å². The van der Waals surface area contributed by atoms with Crippen molar-refractivity contribution in [3.63, 3.8) is 0 Å². The predicted molar refractivity (Wildman–Crippen MR) is 110 cm³/mol. The molecule has 30 heavy (non-hydrogen) atoms. The molecule has 1 fully saturated rings. The number of methoxy groups -OCH3 is 1. The van der Waals surface area contributed by atoms with Crippen LogP contribution in [-0.2, 0) is 9.59 Å². The van der Waals surface area contributed by atoms with Crippen LogP contribution in [0.1, 0.15) is 18.4 Å². The van der Waals surface area contributed by atoms with Crippen LogP contribution >= 0.6 is 0 Å². The van der Waals surface area contributed by atoms with E-state index in [2.05, 4.69) is 0 Å². The molecule has 0 bridgehead atoms. The summed E-state index contributed by atoms with van der Waals surface area (Å²) in [7, 11) is 1.51. The van der Waals surface area contributed by atoms with Crippen molar-refractivity contribution < 1.29 is 23.8 Å². The van der Waals surface area contributed by atoms with Crippen molar-refractivity contribution in [1.29, 1.82) is 0 Å². The number of amides is 2. The van der Waals surface area contributed by atoms with Crippen LogP contribution in [0.25, 0.3) is 5.57 Å². The van der Waals surface area contributed by atoms with E-state index >= 15 is 0 Å². The summed E-state index contributed by atoms with van der Waals surface area (Å²) < 4.78 is 19.3. The average Bonchev–Trinajstić information content (AvgIpc) is 3.03. The predicted octanol–water partition coefficient (Wildman–Crippen LogP) is 2.82. The van der Waals surface area contributed by atoms with E-state index in [1.165, 1.54) is 31.4 Å². The van der Waals surface area contributed by atoms with Crippen LogP contribution in [0.5, 0.6) is 5.75 Å². The Hall–Kier alpha value is -3.19. The summed E-state index contributed by atoms with van der Waals surface area (Å²) >= 11 is 0. The molecule has 2 aliphatic rings. The third kappa shape index (κ3) is 3.45. The lowest BCUT2D eigenvalue weighted by atomic mass is 9.96. The molecule has 0 aliphatic carbocycles. The number of rotatable bonds is 5. The number of piperidine rings is 1. The Morgan fingerprint density at radius 2 is 1.93 bits per heavy atom. The Balaban J connectivity index is 1.86. The van der Waals surface area contributed by atoms with Gasteiger partial charge in [0.2, 0.25) is 0 Å². The Morgan fingerprint density at radius 3 is 2.67 bits per heavy atom. The molecule has 0 radical (unpaired) electrons. The van der Waals surface area contributed by atoms with Gasteiger partial charge in [0, 0.05) is 25.3 Å². The number of imide groups is 1. The summed E-state index contributed by atoms with van der Waals surface area (Å²) in [4.78, 5) is 29.9. The monoisotopic (exact) mass is 410 g/mol. The van der Waals surface area contributed by atoms with Gasteiger partial charge in [0.05, 0.1) is 18.4 Å². The van der Waals surface area contributed by atoms with Gasteiger partial charge in [-0.25, -0.2) is 9.29 Å². The van der Waals surface area contributed by atoms with E-state index in [0.717, 1.165) is 17.7 Å². The van der Waals surface area contributed by atoms with Crippen LogP contribution < -0.4 is 9.64 Å². The number of nitrogens with zero attached hydrogens (tertiary/aromatic N) is 2. The van der Waals surface area contributed by atoms with E-state index in [4.69, 9.17) is 4.74 Å². The number of halogens is 1. The highest BCUT2D eigenvalue weighted by atomic mass is 19.1. The van der Waals surface area contributed by atoms with Crippen LogP contribution in [0.4, 0.5) is 10.1 Å². The standard InChI is InChI=1S/C23H23FN2O4/c1-30-19-10-3-2-9-18(19)20-21(25-11-5-6-15(13-25)14-27)23(29)26(22(20)28)17-8-4-7-16(24)12-17/h2-4,7-10,12,15,27H,5-6,11,13-14H2,1H3. The highest BCUT2D eigenvalue weighted by molar-refractivity contribution is 6.45. The molecule has 1 atom stereocenters. The van der Waals surface area contributed by atoms with Gasteiger partial charge in [0.15, 0.2) is 0 Å². The zero-order valence-corrected chi connectivity index (χ0v) is 16.7. The van der Waals surface area contributed by atoms with Crippen molar-refractivity contribution in [2.24, 2.45) is 5.92 Å². The van der Waals surface area contributed by atoms with Gasteiger partial charge in [-0.15, -0.1) is 0 Å².